The summed E-state index contributed by atoms with van der Waals surface area (Å²) in [5.74, 6) is -1.35. The van der Waals surface area contributed by atoms with E-state index in [1.54, 1.807) is 36.6 Å². The summed E-state index contributed by atoms with van der Waals surface area (Å²) in [6, 6.07) is 6.99. The van der Waals surface area contributed by atoms with E-state index in [-0.39, 0.29) is 11.3 Å². The van der Waals surface area contributed by atoms with E-state index in [0.29, 0.717) is 15.7 Å². The van der Waals surface area contributed by atoms with Gasteiger partial charge in [0.05, 0.1) is 25.4 Å². The summed E-state index contributed by atoms with van der Waals surface area (Å²) in [6.45, 7) is 0. The largest absolute Gasteiger partial charge is 0.465 e. The number of benzene rings is 1. The first-order valence-electron chi connectivity index (χ1n) is 6.78. The highest BCUT2D eigenvalue weighted by Gasteiger charge is 2.27. The Balaban J connectivity index is 2.65. The van der Waals surface area contributed by atoms with Crippen molar-refractivity contribution >= 4 is 33.6 Å². The predicted octanol–water partition coefficient (Wildman–Crippen LogP) is 2.81. The number of methoxy groups -OCH3 is 2. The zero-order chi connectivity index (χ0) is 17.7. The number of hydrogen-bond donors (Lipinski definition) is 0. The van der Waals surface area contributed by atoms with Crippen LogP contribution in [0.25, 0.3) is 0 Å². The van der Waals surface area contributed by atoms with Crippen molar-refractivity contribution in [1.29, 1.82) is 5.26 Å². The van der Waals surface area contributed by atoms with Crippen molar-refractivity contribution in [2.45, 2.75) is 0 Å². The monoisotopic (exact) mass is 388 g/mol. The Morgan fingerprint density at radius 3 is 2.46 bits per heavy atom. The second-order valence-corrected chi connectivity index (χ2v) is 5.45. The third-order valence-corrected chi connectivity index (χ3v) is 3.90. The van der Waals surface area contributed by atoms with E-state index in [0.717, 1.165) is 0 Å². The Morgan fingerprint density at radius 1 is 1.17 bits per heavy atom. The molecule has 0 unspecified atom stereocenters. The maximum absolute atomic E-state index is 12.3. The molecule has 0 saturated carbocycles. The number of nitrogens with zero attached hydrogens (tertiary/aromatic N) is 2. The highest BCUT2D eigenvalue weighted by molar-refractivity contribution is 9.10. The van der Waals surface area contributed by atoms with Crippen LogP contribution in [0.15, 0.2) is 58.4 Å². The summed E-state index contributed by atoms with van der Waals surface area (Å²) in [7, 11) is 2.47. The lowest BCUT2D eigenvalue weighted by Gasteiger charge is -2.23. The summed E-state index contributed by atoms with van der Waals surface area (Å²) in [5.41, 5.74) is 1.11. The van der Waals surface area contributed by atoms with Crippen molar-refractivity contribution in [3.8, 4) is 6.07 Å². The maximum atomic E-state index is 12.3. The molecule has 0 amide bonds. The van der Waals surface area contributed by atoms with Crippen molar-refractivity contribution in [2.24, 2.45) is 0 Å². The Hall–Kier alpha value is -2.85. The Kier molecular flexibility index (Phi) is 5.55. The lowest BCUT2D eigenvalue weighted by atomic mass is 10.1. The maximum Gasteiger partial charge on any atom is 0.355 e. The van der Waals surface area contributed by atoms with Crippen LogP contribution in [0.2, 0.25) is 0 Å². The van der Waals surface area contributed by atoms with E-state index >= 15 is 0 Å². The number of carbonyl (C=O) groups is 2. The van der Waals surface area contributed by atoms with Crippen molar-refractivity contribution in [1.82, 2.24) is 0 Å². The van der Waals surface area contributed by atoms with Gasteiger partial charge in [-0.15, -0.1) is 0 Å². The third kappa shape index (κ3) is 3.39. The molecule has 6 nitrogen and oxygen atoms in total. The number of ether oxygens (including phenoxy) is 2. The quantitative estimate of drug-likeness (QED) is 0.740. The minimum atomic E-state index is -0.688. The van der Waals surface area contributed by atoms with E-state index in [9.17, 15) is 9.59 Å². The molecule has 24 heavy (non-hydrogen) atoms. The molecule has 7 heteroatoms. The minimum absolute atomic E-state index is 0.0194. The first kappa shape index (κ1) is 17.5. The van der Waals surface area contributed by atoms with Crippen molar-refractivity contribution in [2.75, 3.05) is 19.1 Å². The SMILES string of the molecule is COC(=O)C1=C(C(=O)OC)N(c2ccc(C#N)c(Br)c2)C=CC=C1. The summed E-state index contributed by atoms with van der Waals surface area (Å²) < 4.78 is 10.1. The second kappa shape index (κ2) is 7.62. The molecule has 1 aliphatic rings. The molecule has 1 heterocycles. The van der Waals surface area contributed by atoms with Gasteiger partial charge in [0.15, 0.2) is 0 Å². The third-order valence-electron chi connectivity index (χ3n) is 3.24. The molecule has 0 aliphatic carbocycles. The number of esters is 2. The van der Waals surface area contributed by atoms with Crippen molar-refractivity contribution in [3.63, 3.8) is 0 Å². The fourth-order valence-corrected chi connectivity index (χ4v) is 2.57. The van der Waals surface area contributed by atoms with Gasteiger partial charge in [-0.3, -0.25) is 0 Å². The van der Waals surface area contributed by atoms with Gasteiger partial charge in [-0.2, -0.15) is 5.26 Å². The van der Waals surface area contributed by atoms with Crippen LogP contribution in [-0.2, 0) is 19.1 Å². The molecule has 1 aromatic rings. The first-order valence-corrected chi connectivity index (χ1v) is 7.57. The highest BCUT2D eigenvalue weighted by Crippen LogP contribution is 2.29. The van der Waals surface area contributed by atoms with Gasteiger partial charge in [-0.25, -0.2) is 9.59 Å². The number of carbonyl (C=O) groups excluding carboxylic acids is 2. The average Bonchev–Trinajstić information content (AvgIpc) is 2.83. The standard InChI is InChI=1S/C17H13BrN2O4/c1-23-16(21)13-5-3-4-8-20(15(13)17(22)24-2)12-7-6-11(10-19)14(18)9-12/h3-9H,1-2H3. The molecule has 0 atom stereocenters. The summed E-state index contributed by atoms with van der Waals surface area (Å²) in [4.78, 5) is 25.8. The molecule has 0 aromatic heterocycles. The first-order chi connectivity index (χ1) is 11.5. The Labute approximate surface area is 147 Å². The van der Waals surface area contributed by atoms with E-state index in [4.69, 9.17) is 14.7 Å². The fraction of sp³-hybridized carbons (Fsp3) is 0.118. The van der Waals surface area contributed by atoms with Crippen LogP contribution in [0.4, 0.5) is 5.69 Å². The number of anilines is 1. The molecule has 0 N–H and O–H groups in total. The minimum Gasteiger partial charge on any atom is -0.465 e. The normalized spacial score (nSPS) is 13.3. The fourth-order valence-electron chi connectivity index (χ4n) is 2.11. The number of hydrogen-bond acceptors (Lipinski definition) is 6. The van der Waals surface area contributed by atoms with Gasteiger partial charge in [-0.1, -0.05) is 6.08 Å². The van der Waals surface area contributed by atoms with Gasteiger partial charge in [0.2, 0.25) is 0 Å². The number of halogens is 1. The zero-order valence-electron chi connectivity index (χ0n) is 12.9. The highest BCUT2D eigenvalue weighted by atomic mass is 79.9. The molecule has 0 bridgehead atoms. The molecule has 1 aromatic carbocycles. The number of allylic oxidation sites excluding steroid dienone is 2. The molecule has 0 saturated heterocycles. The van der Waals surface area contributed by atoms with E-state index in [1.165, 1.54) is 25.2 Å². The Morgan fingerprint density at radius 2 is 1.88 bits per heavy atom. The van der Waals surface area contributed by atoms with E-state index in [1.807, 2.05) is 6.07 Å². The summed E-state index contributed by atoms with van der Waals surface area (Å²) >= 11 is 3.31. The van der Waals surface area contributed by atoms with Crippen LogP contribution >= 0.6 is 15.9 Å². The average molecular weight is 389 g/mol. The van der Waals surface area contributed by atoms with Crippen LogP contribution < -0.4 is 4.90 Å². The van der Waals surface area contributed by atoms with Crippen LogP contribution in [0.5, 0.6) is 0 Å². The van der Waals surface area contributed by atoms with Gasteiger partial charge in [0, 0.05) is 16.4 Å². The topological polar surface area (TPSA) is 79.6 Å². The van der Waals surface area contributed by atoms with E-state index in [2.05, 4.69) is 15.9 Å². The van der Waals surface area contributed by atoms with Gasteiger partial charge in [0.1, 0.15) is 11.8 Å². The molecular weight excluding hydrogens is 376 g/mol. The van der Waals surface area contributed by atoms with E-state index < -0.39 is 11.9 Å². The predicted molar refractivity (Wildman–Crippen MR) is 90.7 cm³/mol. The lowest BCUT2D eigenvalue weighted by Crippen LogP contribution is -2.27. The zero-order valence-corrected chi connectivity index (χ0v) is 14.5. The molecular formula is C17H13BrN2O4. The van der Waals surface area contributed by atoms with Gasteiger partial charge < -0.3 is 14.4 Å². The molecule has 122 valence electrons. The molecule has 0 fully saturated rings. The smallest absolute Gasteiger partial charge is 0.355 e. The molecule has 0 radical (unpaired) electrons. The summed E-state index contributed by atoms with van der Waals surface area (Å²) in [6.07, 6.45) is 6.39. The van der Waals surface area contributed by atoms with Crippen LogP contribution in [0, 0.1) is 11.3 Å². The lowest BCUT2D eigenvalue weighted by molar-refractivity contribution is -0.139. The molecule has 0 spiro atoms. The Bertz CT molecular complexity index is 818. The van der Waals surface area contributed by atoms with Crippen LogP contribution in [0.3, 0.4) is 0 Å². The van der Waals surface area contributed by atoms with Crippen LogP contribution in [-0.4, -0.2) is 26.2 Å². The van der Waals surface area contributed by atoms with Gasteiger partial charge in [0.25, 0.3) is 0 Å². The number of rotatable bonds is 3. The van der Waals surface area contributed by atoms with Crippen molar-refractivity contribution in [3.05, 3.63) is 63.9 Å². The van der Waals surface area contributed by atoms with Crippen LogP contribution in [0.1, 0.15) is 5.56 Å². The van der Waals surface area contributed by atoms with Crippen molar-refractivity contribution < 1.29 is 19.1 Å². The number of nitriles is 1. The summed E-state index contributed by atoms with van der Waals surface area (Å²) in [5, 5.41) is 9.03. The van der Waals surface area contributed by atoms with Gasteiger partial charge >= 0.3 is 11.9 Å². The second-order valence-electron chi connectivity index (χ2n) is 4.59. The van der Waals surface area contributed by atoms with Gasteiger partial charge in [-0.05, 0) is 46.3 Å². The molecule has 2 rings (SSSR count). The molecule has 1 aliphatic heterocycles.